The number of aryl methyl sites for hydroxylation is 1. The third kappa shape index (κ3) is 2.93. The average Bonchev–Trinajstić information content (AvgIpc) is 2.83. The van der Waals surface area contributed by atoms with Crippen molar-refractivity contribution in [3.63, 3.8) is 0 Å². The van der Waals surface area contributed by atoms with Gasteiger partial charge < -0.3 is 0 Å². The fraction of sp³-hybridized carbons (Fsp3) is 0.250. The van der Waals surface area contributed by atoms with Crippen molar-refractivity contribution in [2.24, 2.45) is 0 Å². The van der Waals surface area contributed by atoms with Crippen LogP contribution in [0.5, 0.6) is 0 Å². The molecule has 0 N–H and O–H groups in total. The van der Waals surface area contributed by atoms with Crippen LogP contribution in [0.25, 0.3) is 4.96 Å². The molecular weight excluding hydrogens is 301 g/mol. The molecule has 4 nitrogen and oxygen atoms in total. The van der Waals surface area contributed by atoms with E-state index in [0.29, 0.717) is 29.3 Å². The Hall–Kier alpha value is -2.05. The summed E-state index contributed by atoms with van der Waals surface area (Å²) in [6, 6.07) is 8.25. The van der Waals surface area contributed by atoms with Crippen molar-refractivity contribution in [1.29, 1.82) is 0 Å². The third-order valence-corrected chi connectivity index (χ3v) is 4.40. The van der Waals surface area contributed by atoms with E-state index >= 15 is 0 Å². The lowest BCUT2D eigenvalue weighted by Gasteiger charge is -2.16. The van der Waals surface area contributed by atoms with Gasteiger partial charge in [-0.25, -0.2) is 9.37 Å². The van der Waals surface area contributed by atoms with Crippen LogP contribution in [-0.2, 0) is 13.1 Å². The first-order chi connectivity index (χ1) is 10.5. The molecule has 0 spiro atoms. The van der Waals surface area contributed by atoms with Crippen molar-refractivity contribution < 1.29 is 4.39 Å². The predicted octanol–water partition coefficient (Wildman–Crippen LogP) is 2.84. The lowest BCUT2D eigenvalue weighted by molar-refractivity contribution is 0.310. The molecule has 22 heavy (non-hydrogen) atoms. The van der Waals surface area contributed by atoms with Crippen molar-refractivity contribution in [1.82, 2.24) is 14.3 Å². The van der Waals surface area contributed by atoms with E-state index in [1.54, 1.807) is 22.6 Å². The van der Waals surface area contributed by atoms with Crippen LogP contribution in [0.4, 0.5) is 4.39 Å². The van der Waals surface area contributed by atoms with E-state index in [0.717, 1.165) is 5.69 Å². The van der Waals surface area contributed by atoms with Crippen LogP contribution in [0, 0.1) is 12.7 Å². The van der Waals surface area contributed by atoms with Gasteiger partial charge >= 0.3 is 0 Å². The first kappa shape index (κ1) is 14.9. The van der Waals surface area contributed by atoms with E-state index in [1.807, 2.05) is 30.3 Å². The summed E-state index contributed by atoms with van der Waals surface area (Å²) < 4.78 is 15.3. The maximum absolute atomic E-state index is 13.7. The van der Waals surface area contributed by atoms with Gasteiger partial charge in [0.2, 0.25) is 0 Å². The maximum Gasteiger partial charge on any atom is 0.259 e. The van der Waals surface area contributed by atoms with E-state index in [4.69, 9.17) is 0 Å². The summed E-state index contributed by atoms with van der Waals surface area (Å²) in [5, 5.41) is 1.91. The number of hydrogen-bond donors (Lipinski definition) is 0. The molecule has 114 valence electrons. The second-order valence-corrected chi connectivity index (χ2v) is 6.18. The highest BCUT2D eigenvalue weighted by atomic mass is 32.1. The van der Waals surface area contributed by atoms with Crippen LogP contribution in [-0.4, -0.2) is 21.3 Å². The quantitative estimate of drug-likeness (QED) is 0.742. The molecule has 0 atom stereocenters. The second kappa shape index (κ2) is 5.98. The normalized spacial score (nSPS) is 11.5. The fourth-order valence-electron chi connectivity index (χ4n) is 2.43. The van der Waals surface area contributed by atoms with E-state index < -0.39 is 0 Å². The number of hydrogen-bond acceptors (Lipinski definition) is 4. The van der Waals surface area contributed by atoms with Gasteiger partial charge in [-0.3, -0.25) is 14.1 Å². The van der Waals surface area contributed by atoms with E-state index in [9.17, 15) is 9.18 Å². The zero-order chi connectivity index (χ0) is 15.7. The first-order valence-corrected chi connectivity index (χ1v) is 7.81. The summed E-state index contributed by atoms with van der Waals surface area (Å²) in [4.78, 5) is 19.3. The predicted molar refractivity (Wildman–Crippen MR) is 85.6 cm³/mol. The zero-order valence-electron chi connectivity index (χ0n) is 12.4. The Labute approximate surface area is 131 Å². The molecule has 0 aliphatic heterocycles. The summed E-state index contributed by atoms with van der Waals surface area (Å²) in [5.41, 5.74) is 2.15. The number of thiazole rings is 1. The molecule has 2 aromatic heterocycles. The van der Waals surface area contributed by atoms with Gasteiger partial charge in [-0.2, -0.15) is 0 Å². The third-order valence-electron chi connectivity index (χ3n) is 3.46. The SMILES string of the molecule is Cc1csc2nc(CN(C)Cc3ccccc3F)cc(=O)n12. The van der Waals surface area contributed by atoms with Crippen LogP contribution in [0.2, 0.25) is 0 Å². The topological polar surface area (TPSA) is 37.6 Å². The summed E-state index contributed by atoms with van der Waals surface area (Å²) in [5.74, 6) is -0.216. The number of aromatic nitrogens is 2. The Morgan fingerprint density at radius 2 is 2.09 bits per heavy atom. The second-order valence-electron chi connectivity index (χ2n) is 5.34. The van der Waals surface area contributed by atoms with Crippen LogP contribution in [0.1, 0.15) is 17.0 Å². The smallest absolute Gasteiger partial charge is 0.259 e. The number of nitrogens with zero attached hydrogens (tertiary/aromatic N) is 3. The molecule has 0 unspecified atom stereocenters. The molecule has 0 bridgehead atoms. The van der Waals surface area contributed by atoms with Crippen LogP contribution in [0.15, 0.2) is 40.5 Å². The molecule has 0 aliphatic carbocycles. The molecule has 0 radical (unpaired) electrons. The Morgan fingerprint density at radius 1 is 1.32 bits per heavy atom. The van der Waals surface area contributed by atoms with Gasteiger partial charge in [-0.15, -0.1) is 11.3 Å². The maximum atomic E-state index is 13.7. The number of halogens is 1. The van der Waals surface area contributed by atoms with Crippen LogP contribution >= 0.6 is 11.3 Å². The molecule has 3 rings (SSSR count). The summed E-state index contributed by atoms with van der Waals surface area (Å²) in [7, 11) is 1.88. The molecule has 0 saturated heterocycles. The van der Waals surface area contributed by atoms with Gasteiger partial charge in [0.25, 0.3) is 5.56 Å². The van der Waals surface area contributed by atoms with Gasteiger partial charge in [0.05, 0.1) is 5.69 Å². The molecule has 1 aromatic carbocycles. The van der Waals surface area contributed by atoms with Crippen molar-refractivity contribution in [2.45, 2.75) is 20.0 Å². The molecule has 0 aliphatic rings. The summed E-state index contributed by atoms with van der Waals surface area (Å²) in [6.07, 6.45) is 0. The van der Waals surface area contributed by atoms with Gasteiger partial charge in [0.1, 0.15) is 5.82 Å². The lowest BCUT2D eigenvalue weighted by atomic mass is 10.2. The van der Waals surface area contributed by atoms with Gasteiger partial charge in [0, 0.05) is 35.8 Å². The fourth-order valence-corrected chi connectivity index (χ4v) is 3.32. The van der Waals surface area contributed by atoms with Gasteiger partial charge in [0.15, 0.2) is 4.96 Å². The molecule has 0 fully saturated rings. The molecule has 0 amide bonds. The molecule has 0 saturated carbocycles. The monoisotopic (exact) mass is 317 g/mol. The summed E-state index contributed by atoms with van der Waals surface area (Å²) >= 11 is 1.45. The zero-order valence-corrected chi connectivity index (χ0v) is 13.2. The molecule has 3 aromatic rings. The lowest BCUT2D eigenvalue weighted by Crippen LogP contribution is -2.22. The Balaban J connectivity index is 1.81. The highest BCUT2D eigenvalue weighted by Crippen LogP contribution is 2.13. The first-order valence-electron chi connectivity index (χ1n) is 6.93. The van der Waals surface area contributed by atoms with E-state index in [1.165, 1.54) is 17.4 Å². The Kier molecular flexibility index (Phi) is 4.04. The minimum atomic E-state index is -0.216. The standard InChI is InChI=1S/C16H16FN3OS/c1-11-10-22-16-18-13(7-15(21)20(11)16)9-19(2)8-12-5-3-4-6-14(12)17/h3-7,10H,8-9H2,1-2H3. The number of rotatable bonds is 4. The van der Waals surface area contributed by atoms with Crippen LogP contribution < -0.4 is 5.56 Å². The largest absolute Gasteiger partial charge is 0.296 e. The minimum Gasteiger partial charge on any atom is -0.296 e. The van der Waals surface area contributed by atoms with Gasteiger partial charge in [-0.05, 0) is 20.0 Å². The van der Waals surface area contributed by atoms with Crippen molar-refractivity contribution in [3.05, 3.63) is 68.8 Å². The Bertz CT molecular complexity index is 871. The van der Waals surface area contributed by atoms with Crippen molar-refractivity contribution >= 4 is 16.3 Å². The molecule has 6 heteroatoms. The highest BCUT2D eigenvalue weighted by Gasteiger charge is 2.10. The van der Waals surface area contributed by atoms with Gasteiger partial charge in [-0.1, -0.05) is 18.2 Å². The van der Waals surface area contributed by atoms with E-state index in [2.05, 4.69) is 4.98 Å². The number of fused-ring (bicyclic) bond motifs is 1. The summed E-state index contributed by atoms with van der Waals surface area (Å²) in [6.45, 7) is 2.85. The molecule has 2 heterocycles. The Morgan fingerprint density at radius 3 is 2.86 bits per heavy atom. The van der Waals surface area contributed by atoms with Crippen molar-refractivity contribution in [2.75, 3.05) is 7.05 Å². The average molecular weight is 317 g/mol. The van der Waals surface area contributed by atoms with Crippen LogP contribution in [0.3, 0.4) is 0 Å². The number of benzene rings is 1. The highest BCUT2D eigenvalue weighted by molar-refractivity contribution is 7.15. The van der Waals surface area contributed by atoms with Crippen molar-refractivity contribution in [3.8, 4) is 0 Å². The molecular formula is C16H16FN3OS. The minimum absolute atomic E-state index is 0.0713. The van der Waals surface area contributed by atoms with E-state index in [-0.39, 0.29) is 11.4 Å².